The van der Waals surface area contributed by atoms with Gasteiger partial charge in [0.1, 0.15) is 0 Å². The van der Waals surface area contributed by atoms with Gasteiger partial charge in [-0.15, -0.1) is 0 Å². The first-order chi connectivity index (χ1) is 10.7. The van der Waals surface area contributed by atoms with Gasteiger partial charge in [0.05, 0.1) is 0 Å². The molecular weight excluding hydrogens is 317 g/mol. The van der Waals surface area contributed by atoms with E-state index in [9.17, 15) is 0 Å². The van der Waals surface area contributed by atoms with Gasteiger partial charge in [-0.1, -0.05) is 48.5 Å². The Labute approximate surface area is 136 Å². The predicted molar refractivity (Wildman–Crippen MR) is 90.3 cm³/mol. The van der Waals surface area contributed by atoms with Crippen LogP contribution in [0.4, 0.5) is 0 Å². The highest BCUT2D eigenvalue weighted by Crippen LogP contribution is 2.29. The molecule has 0 N–H and O–H groups in total. The Hall–Kier alpha value is -2.23. The van der Waals surface area contributed by atoms with E-state index in [1.165, 1.54) is 16.2 Å². The molecule has 0 aliphatic carbocycles. The third-order valence-corrected chi connectivity index (χ3v) is 3.92. The van der Waals surface area contributed by atoms with Gasteiger partial charge in [-0.3, -0.25) is 0 Å². The van der Waals surface area contributed by atoms with Crippen LogP contribution in [0.25, 0.3) is 32.9 Å². The number of hydrogen-bond donors (Lipinski definition) is 0. The molecule has 4 rings (SSSR count). The Morgan fingerprint density at radius 1 is 0.636 bits per heavy atom. The number of benzene rings is 3. The fourth-order valence-corrected chi connectivity index (χ4v) is 2.97. The monoisotopic (exact) mass is 325 g/mol. The molecule has 22 heavy (non-hydrogen) atoms. The van der Waals surface area contributed by atoms with Crippen molar-refractivity contribution in [2.75, 3.05) is 0 Å². The van der Waals surface area contributed by atoms with E-state index >= 15 is 0 Å². The summed E-state index contributed by atoms with van der Waals surface area (Å²) in [5.74, 6) is 0.472. The summed E-state index contributed by atoms with van der Waals surface area (Å²) in [6.07, 6.45) is 0. The van der Waals surface area contributed by atoms with Crippen LogP contribution in [-0.2, 0) is 0 Å². The molecule has 1 aromatic heterocycles. The molecule has 0 spiro atoms. The van der Waals surface area contributed by atoms with E-state index in [1.807, 2.05) is 24.3 Å². The first kappa shape index (κ1) is 13.4. The van der Waals surface area contributed by atoms with Gasteiger partial charge < -0.3 is 0 Å². The van der Waals surface area contributed by atoms with E-state index in [1.54, 1.807) is 0 Å². The highest BCUT2D eigenvalue weighted by molar-refractivity contribution is 6.31. The van der Waals surface area contributed by atoms with Crippen LogP contribution in [-0.4, -0.2) is 15.0 Å². The largest absolute Gasteiger partial charge is 0.227 e. The molecule has 0 amide bonds. The van der Waals surface area contributed by atoms with E-state index in [4.69, 9.17) is 23.2 Å². The Morgan fingerprint density at radius 2 is 1.32 bits per heavy atom. The minimum atomic E-state index is 0.0913. The first-order valence-corrected chi connectivity index (χ1v) is 7.45. The lowest BCUT2D eigenvalue weighted by atomic mass is 10.00. The van der Waals surface area contributed by atoms with Crippen LogP contribution < -0.4 is 0 Å². The molecule has 0 aliphatic heterocycles. The van der Waals surface area contributed by atoms with Crippen molar-refractivity contribution in [3.8, 4) is 11.4 Å². The molecule has 0 bridgehead atoms. The smallest absolute Gasteiger partial charge is 0.198 e. The number of hydrogen-bond acceptors (Lipinski definition) is 3. The van der Waals surface area contributed by atoms with Crippen molar-refractivity contribution < 1.29 is 0 Å². The maximum Gasteiger partial charge on any atom is 0.227 e. The number of fused-ring (bicyclic) bond motifs is 3. The van der Waals surface area contributed by atoms with Crippen molar-refractivity contribution in [2.45, 2.75) is 0 Å². The molecule has 0 aliphatic rings. The highest BCUT2D eigenvalue weighted by atomic mass is 35.5. The second-order valence-corrected chi connectivity index (χ2v) is 5.60. The third kappa shape index (κ3) is 2.28. The minimum Gasteiger partial charge on any atom is -0.198 e. The number of aromatic nitrogens is 3. The van der Waals surface area contributed by atoms with Crippen molar-refractivity contribution in [3.05, 3.63) is 65.2 Å². The summed E-state index contributed by atoms with van der Waals surface area (Å²) >= 11 is 11.7. The maximum absolute atomic E-state index is 5.85. The van der Waals surface area contributed by atoms with E-state index < -0.39 is 0 Å². The summed E-state index contributed by atoms with van der Waals surface area (Å²) in [4.78, 5) is 12.0. The van der Waals surface area contributed by atoms with Crippen molar-refractivity contribution in [3.63, 3.8) is 0 Å². The van der Waals surface area contributed by atoms with Crippen LogP contribution in [0.2, 0.25) is 10.6 Å². The molecule has 0 unspecified atom stereocenters. The maximum atomic E-state index is 5.85. The van der Waals surface area contributed by atoms with Crippen LogP contribution in [0.1, 0.15) is 0 Å². The van der Waals surface area contributed by atoms with Gasteiger partial charge in [0.2, 0.25) is 10.6 Å². The zero-order valence-corrected chi connectivity index (χ0v) is 12.8. The number of rotatable bonds is 1. The van der Waals surface area contributed by atoms with E-state index in [0.717, 1.165) is 10.9 Å². The number of nitrogens with zero attached hydrogens (tertiary/aromatic N) is 3. The molecule has 0 fully saturated rings. The summed E-state index contributed by atoms with van der Waals surface area (Å²) in [7, 11) is 0. The lowest BCUT2D eigenvalue weighted by Crippen LogP contribution is -1.93. The summed E-state index contributed by atoms with van der Waals surface area (Å²) in [5, 5.41) is 4.92. The van der Waals surface area contributed by atoms with Gasteiger partial charge in [0.15, 0.2) is 5.82 Å². The minimum absolute atomic E-state index is 0.0913. The third-order valence-electron chi connectivity index (χ3n) is 3.58. The lowest BCUT2D eigenvalue weighted by Gasteiger charge is -2.06. The number of halogens is 2. The lowest BCUT2D eigenvalue weighted by molar-refractivity contribution is 1.06. The summed E-state index contributed by atoms with van der Waals surface area (Å²) < 4.78 is 0. The van der Waals surface area contributed by atoms with Crippen LogP contribution in [0, 0.1) is 0 Å². The molecular formula is C17H9Cl2N3. The van der Waals surface area contributed by atoms with Crippen molar-refractivity contribution in [1.82, 2.24) is 15.0 Å². The fraction of sp³-hybridized carbons (Fsp3) is 0. The zero-order chi connectivity index (χ0) is 15.1. The molecule has 0 radical (unpaired) electrons. The highest BCUT2D eigenvalue weighted by Gasteiger charge is 2.08. The molecule has 0 saturated carbocycles. The van der Waals surface area contributed by atoms with Crippen LogP contribution >= 0.6 is 23.2 Å². The van der Waals surface area contributed by atoms with Crippen molar-refractivity contribution in [1.29, 1.82) is 0 Å². The zero-order valence-electron chi connectivity index (χ0n) is 11.3. The van der Waals surface area contributed by atoms with Gasteiger partial charge in [0.25, 0.3) is 0 Å². The Bertz CT molecular complexity index is 995. The molecule has 106 valence electrons. The molecule has 4 aromatic rings. The molecule has 1 heterocycles. The predicted octanol–water partition coefficient (Wildman–Crippen LogP) is 5.15. The topological polar surface area (TPSA) is 38.7 Å². The van der Waals surface area contributed by atoms with Gasteiger partial charge in [-0.05, 0) is 50.8 Å². The van der Waals surface area contributed by atoms with Crippen LogP contribution in [0.5, 0.6) is 0 Å². The van der Waals surface area contributed by atoms with Crippen molar-refractivity contribution >= 4 is 44.7 Å². The summed E-state index contributed by atoms with van der Waals surface area (Å²) in [6.45, 7) is 0. The van der Waals surface area contributed by atoms with Gasteiger partial charge in [0, 0.05) is 5.56 Å². The average Bonchev–Trinajstić information content (AvgIpc) is 2.53. The van der Waals surface area contributed by atoms with Crippen LogP contribution in [0.3, 0.4) is 0 Å². The Kier molecular flexibility index (Phi) is 3.17. The normalized spacial score (nSPS) is 11.2. The standard InChI is InChI=1S/C17H9Cl2N3/c18-16-20-15(21-17(19)22-16)12-7-8-14-11(9-12)6-5-10-3-1-2-4-13(10)14/h1-9H. The quantitative estimate of drug-likeness (QED) is 0.454. The molecule has 5 heteroatoms. The van der Waals surface area contributed by atoms with Gasteiger partial charge >= 0.3 is 0 Å². The van der Waals surface area contributed by atoms with Crippen molar-refractivity contribution in [2.24, 2.45) is 0 Å². The SMILES string of the molecule is Clc1nc(Cl)nc(-c2ccc3c(ccc4ccccc43)c2)n1. The second kappa shape index (κ2) is 5.20. The fourth-order valence-electron chi connectivity index (χ4n) is 2.61. The van der Waals surface area contributed by atoms with E-state index in [0.29, 0.717) is 5.82 Å². The average molecular weight is 326 g/mol. The molecule has 3 aromatic carbocycles. The Morgan fingerprint density at radius 3 is 2.14 bits per heavy atom. The summed E-state index contributed by atoms with van der Waals surface area (Å²) in [6, 6.07) is 18.6. The first-order valence-electron chi connectivity index (χ1n) is 6.70. The van der Waals surface area contributed by atoms with E-state index in [2.05, 4.69) is 45.3 Å². The Balaban J connectivity index is 1.96. The second-order valence-electron chi connectivity index (χ2n) is 4.92. The summed E-state index contributed by atoms with van der Waals surface area (Å²) in [5.41, 5.74) is 0.856. The van der Waals surface area contributed by atoms with Gasteiger partial charge in [-0.25, -0.2) is 0 Å². The molecule has 0 atom stereocenters. The van der Waals surface area contributed by atoms with Gasteiger partial charge in [-0.2, -0.15) is 15.0 Å². The molecule has 3 nitrogen and oxygen atoms in total. The molecule has 0 saturated heterocycles. The van der Waals surface area contributed by atoms with Crippen LogP contribution in [0.15, 0.2) is 54.6 Å². The van der Waals surface area contributed by atoms with E-state index in [-0.39, 0.29) is 10.6 Å².